The molecule has 1 aromatic carbocycles. The van der Waals surface area contributed by atoms with E-state index in [0.717, 1.165) is 59.8 Å². The van der Waals surface area contributed by atoms with Crippen LogP contribution in [0.5, 0.6) is 0 Å². The molecule has 1 aliphatic heterocycles. The molecule has 11 heteroatoms. The summed E-state index contributed by atoms with van der Waals surface area (Å²) < 4.78 is 4.59. The molecule has 37 heavy (non-hydrogen) atoms. The van der Waals surface area contributed by atoms with Gasteiger partial charge in [0.25, 0.3) is 5.56 Å². The lowest BCUT2D eigenvalue weighted by Gasteiger charge is -2.35. The molecule has 1 saturated heterocycles. The molecule has 5 rings (SSSR count). The highest BCUT2D eigenvalue weighted by Crippen LogP contribution is 2.23. The first-order valence-electron chi connectivity index (χ1n) is 12.4. The van der Waals surface area contributed by atoms with Gasteiger partial charge in [-0.15, -0.1) is 0 Å². The van der Waals surface area contributed by atoms with Gasteiger partial charge in [-0.3, -0.25) is 18.8 Å². The molecule has 1 aliphatic rings. The fourth-order valence-corrected chi connectivity index (χ4v) is 5.70. The van der Waals surface area contributed by atoms with Crippen LogP contribution in [0.25, 0.3) is 11.2 Å². The molecule has 10 nitrogen and oxygen atoms in total. The average molecular weight is 521 g/mol. The summed E-state index contributed by atoms with van der Waals surface area (Å²) >= 11 is 1.55. The summed E-state index contributed by atoms with van der Waals surface area (Å²) in [5, 5.41) is 0.721. The third-order valence-corrected chi connectivity index (χ3v) is 7.57. The Bertz CT molecular complexity index is 1510. The molecule has 1 fully saturated rings. The normalized spacial score (nSPS) is 14.5. The monoisotopic (exact) mass is 520 g/mol. The smallest absolute Gasteiger partial charge is 0.332 e. The Kier molecular flexibility index (Phi) is 7.16. The van der Waals surface area contributed by atoms with Crippen molar-refractivity contribution in [2.24, 2.45) is 14.1 Å². The molecule has 0 unspecified atom stereocenters. The predicted molar refractivity (Wildman–Crippen MR) is 146 cm³/mol. The van der Waals surface area contributed by atoms with Gasteiger partial charge in [0.1, 0.15) is 0 Å². The summed E-state index contributed by atoms with van der Waals surface area (Å²) in [6.07, 6.45) is 0. The summed E-state index contributed by atoms with van der Waals surface area (Å²) in [5.74, 6) is 1.40. The van der Waals surface area contributed by atoms with Crippen LogP contribution in [0.3, 0.4) is 0 Å². The van der Waals surface area contributed by atoms with Crippen LogP contribution in [0.2, 0.25) is 0 Å². The fourth-order valence-electron chi connectivity index (χ4n) is 4.82. The highest BCUT2D eigenvalue weighted by molar-refractivity contribution is 7.99. The number of imidazole rings is 1. The summed E-state index contributed by atoms with van der Waals surface area (Å²) in [4.78, 5) is 44.4. The van der Waals surface area contributed by atoms with Crippen LogP contribution >= 0.6 is 11.8 Å². The zero-order valence-corrected chi connectivity index (χ0v) is 22.5. The fraction of sp³-hybridized carbons (Fsp3) is 0.423. The molecule has 0 amide bonds. The first-order chi connectivity index (χ1) is 17.8. The van der Waals surface area contributed by atoms with Crippen LogP contribution in [0.1, 0.15) is 17.0 Å². The number of aryl methyl sites for hydroxylation is 4. The molecule has 0 bridgehead atoms. The Hall–Kier alpha value is -3.44. The highest BCUT2D eigenvalue weighted by Gasteiger charge is 2.25. The summed E-state index contributed by atoms with van der Waals surface area (Å²) in [6, 6.07) is 12.4. The molecule has 0 aliphatic carbocycles. The Morgan fingerprint density at radius 3 is 2.24 bits per heavy atom. The van der Waals surface area contributed by atoms with Gasteiger partial charge in [0.05, 0.1) is 0 Å². The number of hydrogen-bond acceptors (Lipinski definition) is 8. The topological polar surface area (TPSA) is 94.1 Å². The van der Waals surface area contributed by atoms with Crippen LogP contribution < -0.4 is 16.1 Å². The minimum atomic E-state index is -0.376. The number of aromatic nitrogens is 6. The number of thioether (sulfide) groups is 1. The minimum absolute atomic E-state index is 0.327. The van der Waals surface area contributed by atoms with Crippen molar-refractivity contribution in [2.75, 3.05) is 36.8 Å². The van der Waals surface area contributed by atoms with Gasteiger partial charge in [0.15, 0.2) is 16.3 Å². The molecular weight excluding hydrogens is 488 g/mol. The second kappa shape index (κ2) is 10.5. The molecule has 0 atom stereocenters. The van der Waals surface area contributed by atoms with Gasteiger partial charge in [-0.2, -0.15) is 4.98 Å². The molecule has 3 aromatic heterocycles. The number of rotatable bonds is 7. The van der Waals surface area contributed by atoms with E-state index in [0.29, 0.717) is 23.5 Å². The van der Waals surface area contributed by atoms with Gasteiger partial charge < -0.3 is 9.47 Å². The first kappa shape index (κ1) is 25.2. The summed E-state index contributed by atoms with van der Waals surface area (Å²) in [6.45, 7) is 8.73. The Morgan fingerprint density at radius 1 is 0.892 bits per heavy atom. The van der Waals surface area contributed by atoms with Gasteiger partial charge in [-0.05, 0) is 25.5 Å². The van der Waals surface area contributed by atoms with Gasteiger partial charge in [0, 0.05) is 70.5 Å². The number of hydrogen-bond donors (Lipinski definition) is 0. The molecule has 0 saturated carbocycles. The molecule has 0 radical (unpaired) electrons. The van der Waals surface area contributed by atoms with Crippen molar-refractivity contribution in [3.63, 3.8) is 0 Å². The summed E-state index contributed by atoms with van der Waals surface area (Å²) in [5.41, 5.74) is 3.33. The Labute approximate surface area is 219 Å². The van der Waals surface area contributed by atoms with E-state index in [4.69, 9.17) is 4.98 Å². The second-order valence-corrected chi connectivity index (χ2v) is 10.5. The van der Waals surface area contributed by atoms with Crippen LogP contribution in [0.15, 0.2) is 51.1 Å². The number of piperazine rings is 1. The minimum Gasteiger partial charge on any atom is -0.340 e. The number of fused-ring (bicyclic) bond motifs is 1. The molecule has 4 heterocycles. The molecule has 4 aromatic rings. The summed E-state index contributed by atoms with van der Waals surface area (Å²) in [7, 11) is 3.18. The maximum absolute atomic E-state index is 13.2. The molecular formula is C26H32N8O2S. The van der Waals surface area contributed by atoms with E-state index in [2.05, 4.69) is 44.0 Å². The first-order valence-corrected chi connectivity index (χ1v) is 13.4. The third-order valence-electron chi connectivity index (χ3n) is 6.74. The quantitative estimate of drug-likeness (QED) is 0.270. The van der Waals surface area contributed by atoms with Crippen molar-refractivity contribution in [1.29, 1.82) is 0 Å². The van der Waals surface area contributed by atoms with E-state index >= 15 is 0 Å². The van der Waals surface area contributed by atoms with Gasteiger partial charge in [-0.1, -0.05) is 42.1 Å². The zero-order chi connectivity index (χ0) is 26.1. The number of benzene rings is 1. The highest BCUT2D eigenvalue weighted by atomic mass is 32.2. The SMILES string of the molecule is Cc1cc(C)nc(SCCn2c(N3CCN(Cc4ccccc4)CC3)nc3c2c(=O)n(C)c(=O)n3C)n1. The van der Waals surface area contributed by atoms with E-state index in [1.54, 1.807) is 18.8 Å². The molecule has 0 spiro atoms. The van der Waals surface area contributed by atoms with Crippen molar-refractivity contribution in [3.8, 4) is 0 Å². The lowest BCUT2D eigenvalue weighted by Crippen LogP contribution is -2.47. The van der Waals surface area contributed by atoms with Gasteiger partial charge in [-0.25, -0.2) is 14.8 Å². The van der Waals surface area contributed by atoms with E-state index < -0.39 is 0 Å². The van der Waals surface area contributed by atoms with Crippen molar-refractivity contribution in [1.82, 2.24) is 33.6 Å². The zero-order valence-electron chi connectivity index (χ0n) is 21.7. The van der Waals surface area contributed by atoms with Gasteiger partial charge >= 0.3 is 5.69 Å². The molecule has 0 N–H and O–H groups in total. The lowest BCUT2D eigenvalue weighted by atomic mass is 10.2. The van der Waals surface area contributed by atoms with Crippen LogP contribution in [-0.2, 0) is 27.2 Å². The Balaban J connectivity index is 1.42. The number of nitrogens with zero attached hydrogens (tertiary/aromatic N) is 8. The average Bonchev–Trinajstić information content (AvgIpc) is 3.26. The van der Waals surface area contributed by atoms with Crippen molar-refractivity contribution < 1.29 is 0 Å². The Morgan fingerprint density at radius 2 is 1.57 bits per heavy atom. The predicted octanol–water partition coefficient (Wildman–Crippen LogP) is 1.96. The maximum Gasteiger partial charge on any atom is 0.332 e. The van der Waals surface area contributed by atoms with Crippen LogP contribution in [-0.4, -0.2) is 65.5 Å². The van der Waals surface area contributed by atoms with E-state index in [1.807, 2.05) is 30.5 Å². The standard InChI is InChI=1S/C26H32N8O2S/c1-18-16-19(2)28-24(27-18)37-15-14-34-21-22(30(3)26(36)31(4)23(21)35)29-25(34)33-12-10-32(11-13-33)17-20-8-6-5-7-9-20/h5-9,16H,10-15,17H2,1-4H3. The van der Waals surface area contributed by atoms with Crippen molar-refractivity contribution >= 4 is 28.9 Å². The maximum atomic E-state index is 13.2. The lowest BCUT2D eigenvalue weighted by molar-refractivity contribution is 0.248. The number of anilines is 1. The largest absolute Gasteiger partial charge is 0.340 e. The van der Waals surface area contributed by atoms with E-state index in [9.17, 15) is 9.59 Å². The van der Waals surface area contributed by atoms with E-state index in [-0.39, 0.29) is 11.2 Å². The van der Waals surface area contributed by atoms with Crippen molar-refractivity contribution in [2.45, 2.75) is 32.1 Å². The second-order valence-electron chi connectivity index (χ2n) is 9.47. The van der Waals surface area contributed by atoms with Crippen molar-refractivity contribution in [3.05, 3.63) is 74.2 Å². The van der Waals surface area contributed by atoms with Crippen LogP contribution in [0, 0.1) is 13.8 Å². The molecule has 194 valence electrons. The van der Waals surface area contributed by atoms with Crippen LogP contribution in [0.4, 0.5) is 5.95 Å². The third kappa shape index (κ3) is 5.19. The van der Waals surface area contributed by atoms with Gasteiger partial charge in [0.2, 0.25) is 5.95 Å². The van der Waals surface area contributed by atoms with E-state index in [1.165, 1.54) is 17.2 Å².